The van der Waals surface area contributed by atoms with Crippen LogP contribution in [-0.2, 0) is 0 Å². The van der Waals surface area contributed by atoms with Gasteiger partial charge in [-0.25, -0.2) is 4.98 Å². The summed E-state index contributed by atoms with van der Waals surface area (Å²) in [6, 6.07) is 6.83. The monoisotopic (exact) mass is 351 g/mol. The van der Waals surface area contributed by atoms with Gasteiger partial charge in [-0.15, -0.1) is 0 Å². The van der Waals surface area contributed by atoms with Crippen molar-refractivity contribution < 1.29 is 0 Å². The van der Waals surface area contributed by atoms with E-state index in [9.17, 15) is 0 Å². The number of nitrogens with one attached hydrogen (secondary N) is 1. The SMILES string of the molecule is CCCNC(C)c1ccc(Sc2cnccn2)c(Br)c1. The Morgan fingerprint density at radius 2 is 2.20 bits per heavy atom. The fourth-order valence-electron chi connectivity index (χ4n) is 1.80. The molecule has 0 saturated carbocycles. The molecule has 106 valence electrons. The van der Waals surface area contributed by atoms with Crippen LogP contribution in [0.1, 0.15) is 31.9 Å². The van der Waals surface area contributed by atoms with E-state index in [0.29, 0.717) is 6.04 Å². The molecule has 1 heterocycles. The number of hydrogen-bond donors (Lipinski definition) is 1. The van der Waals surface area contributed by atoms with Crippen LogP contribution >= 0.6 is 27.7 Å². The minimum absolute atomic E-state index is 0.363. The largest absolute Gasteiger partial charge is 0.310 e. The minimum Gasteiger partial charge on any atom is -0.310 e. The van der Waals surface area contributed by atoms with Crippen molar-refractivity contribution in [2.45, 2.75) is 36.2 Å². The van der Waals surface area contributed by atoms with Crippen LogP contribution < -0.4 is 5.32 Å². The van der Waals surface area contributed by atoms with Crippen molar-refractivity contribution in [3.05, 3.63) is 46.8 Å². The van der Waals surface area contributed by atoms with Gasteiger partial charge in [0.15, 0.2) is 0 Å². The summed E-state index contributed by atoms with van der Waals surface area (Å²) >= 11 is 5.26. The van der Waals surface area contributed by atoms with E-state index in [4.69, 9.17) is 0 Å². The first-order valence-electron chi connectivity index (χ1n) is 6.67. The quantitative estimate of drug-likeness (QED) is 0.834. The molecule has 2 aromatic rings. The lowest BCUT2D eigenvalue weighted by molar-refractivity contribution is 0.570. The summed E-state index contributed by atoms with van der Waals surface area (Å²) in [5.74, 6) is 0. The van der Waals surface area contributed by atoms with E-state index in [0.717, 1.165) is 27.4 Å². The lowest BCUT2D eigenvalue weighted by atomic mass is 10.1. The number of halogens is 1. The summed E-state index contributed by atoms with van der Waals surface area (Å²) in [6.45, 7) is 5.40. The van der Waals surface area contributed by atoms with E-state index in [2.05, 4.69) is 63.3 Å². The van der Waals surface area contributed by atoms with Crippen LogP contribution in [0.15, 0.2) is 51.2 Å². The van der Waals surface area contributed by atoms with E-state index in [1.165, 1.54) is 5.56 Å². The minimum atomic E-state index is 0.363. The third-order valence-electron chi connectivity index (χ3n) is 2.91. The lowest BCUT2D eigenvalue weighted by Crippen LogP contribution is -2.19. The highest BCUT2D eigenvalue weighted by Gasteiger charge is 2.08. The van der Waals surface area contributed by atoms with Gasteiger partial charge in [0.2, 0.25) is 0 Å². The van der Waals surface area contributed by atoms with Gasteiger partial charge >= 0.3 is 0 Å². The molecule has 1 atom stereocenters. The van der Waals surface area contributed by atoms with Gasteiger partial charge in [0.25, 0.3) is 0 Å². The predicted molar refractivity (Wildman–Crippen MR) is 87.0 cm³/mol. The van der Waals surface area contributed by atoms with Crippen LogP contribution in [0.2, 0.25) is 0 Å². The summed E-state index contributed by atoms with van der Waals surface area (Å²) in [5.41, 5.74) is 1.29. The summed E-state index contributed by atoms with van der Waals surface area (Å²) in [7, 11) is 0. The van der Waals surface area contributed by atoms with Crippen LogP contribution in [0.25, 0.3) is 0 Å². The second-order valence-corrected chi connectivity index (χ2v) is 6.43. The first kappa shape index (κ1) is 15.5. The Kier molecular flexibility index (Phi) is 6.01. The second kappa shape index (κ2) is 7.76. The van der Waals surface area contributed by atoms with Gasteiger partial charge in [-0.2, -0.15) is 0 Å². The standard InChI is InChI=1S/C15H18BrN3S/c1-3-6-18-11(2)12-4-5-14(13(16)9-12)20-15-10-17-7-8-19-15/h4-5,7-11,18H,3,6H2,1-2H3. The third-order valence-corrected chi connectivity index (χ3v) is 4.82. The lowest BCUT2D eigenvalue weighted by Gasteiger charge is -2.15. The molecule has 2 rings (SSSR count). The van der Waals surface area contributed by atoms with Crippen molar-refractivity contribution >= 4 is 27.7 Å². The first-order valence-corrected chi connectivity index (χ1v) is 8.28. The number of rotatable bonds is 6. The number of aromatic nitrogens is 2. The average molecular weight is 352 g/mol. The fraction of sp³-hybridized carbons (Fsp3) is 0.333. The van der Waals surface area contributed by atoms with Crippen LogP contribution in [0.3, 0.4) is 0 Å². The van der Waals surface area contributed by atoms with Gasteiger partial charge in [-0.05, 0) is 53.5 Å². The Bertz CT molecular complexity index is 548. The molecule has 0 aliphatic carbocycles. The van der Waals surface area contributed by atoms with Crippen molar-refractivity contribution in [1.82, 2.24) is 15.3 Å². The Morgan fingerprint density at radius 3 is 2.85 bits per heavy atom. The highest BCUT2D eigenvalue weighted by atomic mass is 79.9. The molecule has 0 spiro atoms. The molecule has 5 heteroatoms. The summed E-state index contributed by atoms with van der Waals surface area (Å²) in [5, 5.41) is 4.40. The van der Waals surface area contributed by atoms with Crippen molar-refractivity contribution in [2.24, 2.45) is 0 Å². The maximum absolute atomic E-state index is 4.28. The van der Waals surface area contributed by atoms with Crippen molar-refractivity contribution in [1.29, 1.82) is 0 Å². The Morgan fingerprint density at radius 1 is 1.35 bits per heavy atom. The van der Waals surface area contributed by atoms with E-state index in [1.54, 1.807) is 30.4 Å². The average Bonchev–Trinajstić information content (AvgIpc) is 2.48. The molecule has 0 fully saturated rings. The highest BCUT2D eigenvalue weighted by molar-refractivity contribution is 9.10. The van der Waals surface area contributed by atoms with E-state index in [-0.39, 0.29) is 0 Å². The predicted octanol–water partition coefficient (Wildman–Crippen LogP) is 4.45. The van der Waals surface area contributed by atoms with Gasteiger partial charge in [0, 0.05) is 27.8 Å². The van der Waals surface area contributed by atoms with Gasteiger partial charge < -0.3 is 5.32 Å². The zero-order chi connectivity index (χ0) is 14.4. The van der Waals surface area contributed by atoms with Crippen LogP contribution in [0.5, 0.6) is 0 Å². The molecule has 0 radical (unpaired) electrons. The van der Waals surface area contributed by atoms with E-state index >= 15 is 0 Å². The second-order valence-electron chi connectivity index (χ2n) is 4.51. The zero-order valence-electron chi connectivity index (χ0n) is 11.6. The summed E-state index contributed by atoms with van der Waals surface area (Å²) in [6.07, 6.45) is 6.31. The van der Waals surface area contributed by atoms with Crippen molar-refractivity contribution in [3.63, 3.8) is 0 Å². The van der Waals surface area contributed by atoms with E-state index in [1.807, 2.05) is 0 Å². The molecular weight excluding hydrogens is 334 g/mol. The number of hydrogen-bond acceptors (Lipinski definition) is 4. The molecule has 0 saturated heterocycles. The van der Waals surface area contributed by atoms with Crippen LogP contribution in [-0.4, -0.2) is 16.5 Å². The van der Waals surface area contributed by atoms with Gasteiger partial charge in [-0.1, -0.05) is 24.8 Å². The molecule has 20 heavy (non-hydrogen) atoms. The van der Waals surface area contributed by atoms with Crippen molar-refractivity contribution in [3.8, 4) is 0 Å². The summed E-state index contributed by atoms with van der Waals surface area (Å²) < 4.78 is 1.09. The molecule has 1 aromatic carbocycles. The Balaban J connectivity index is 2.10. The highest BCUT2D eigenvalue weighted by Crippen LogP contribution is 2.33. The van der Waals surface area contributed by atoms with Crippen molar-refractivity contribution in [2.75, 3.05) is 6.54 Å². The Labute approximate surface area is 132 Å². The normalized spacial score (nSPS) is 12.3. The molecular formula is C15H18BrN3S. The topological polar surface area (TPSA) is 37.8 Å². The maximum Gasteiger partial charge on any atom is 0.119 e. The molecule has 0 amide bonds. The molecule has 1 aromatic heterocycles. The smallest absolute Gasteiger partial charge is 0.119 e. The number of nitrogens with zero attached hydrogens (tertiary/aromatic N) is 2. The maximum atomic E-state index is 4.28. The van der Waals surface area contributed by atoms with Crippen LogP contribution in [0, 0.1) is 0 Å². The first-order chi connectivity index (χ1) is 9.70. The van der Waals surface area contributed by atoms with Gasteiger partial charge in [-0.3, -0.25) is 4.98 Å². The molecule has 1 unspecified atom stereocenters. The van der Waals surface area contributed by atoms with Gasteiger partial charge in [0.1, 0.15) is 5.03 Å². The number of benzene rings is 1. The van der Waals surface area contributed by atoms with Crippen LogP contribution in [0.4, 0.5) is 0 Å². The van der Waals surface area contributed by atoms with E-state index < -0.39 is 0 Å². The molecule has 1 N–H and O–H groups in total. The molecule has 0 aliphatic heterocycles. The molecule has 0 bridgehead atoms. The summed E-state index contributed by atoms with van der Waals surface area (Å²) in [4.78, 5) is 9.51. The molecule has 0 aliphatic rings. The third kappa shape index (κ3) is 4.30. The Hall–Kier alpha value is -0.910. The molecule has 3 nitrogen and oxygen atoms in total. The zero-order valence-corrected chi connectivity index (χ0v) is 14.0. The fourth-order valence-corrected chi connectivity index (χ4v) is 3.18. The van der Waals surface area contributed by atoms with Gasteiger partial charge in [0.05, 0.1) is 6.20 Å².